The second-order valence-corrected chi connectivity index (χ2v) is 11.2. The Morgan fingerprint density at radius 3 is 2.64 bits per heavy atom. The quantitative estimate of drug-likeness (QED) is 0.467. The average Bonchev–Trinajstić information content (AvgIpc) is 3.58. The topological polar surface area (TPSA) is 130 Å². The van der Waals surface area contributed by atoms with Crippen LogP contribution in [0.4, 0.5) is 10.5 Å². The van der Waals surface area contributed by atoms with Crippen LogP contribution in [0.5, 0.6) is 5.75 Å². The summed E-state index contributed by atoms with van der Waals surface area (Å²) in [4.78, 5) is 27.1. The van der Waals surface area contributed by atoms with E-state index in [1.165, 1.54) is 19.1 Å². The summed E-state index contributed by atoms with van der Waals surface area (Å²) in [5, 5.41) is 25.3. The summed E-state index contributed by atoms with van der Waals surface area (Å²) < 4.78 is 22.4. The van der Waals surface area contributed by atoms with Crippen molar-refractivity contribution in [3.8, 4) is 5.75 Å². The molecule has 7 unspecified atom stereocenters. The summed E-state index contributed by atoms with van der Waals surface area (Å²) in [5.41, 5.74) is -0.479. The lowest BCUT2D eigenvalue weighted by molar-refractivity contribution is -0.142. The van der Waals surface area contributed by atoms with Crippen LogP contribution in [0.15, 0.2) is 35.9 Å². The smallest absolute Gasteiger partial charge is 0.409 e. The van der Waals surface area contributed by atoms with E-state index in [2.05, 4.69) is 5.32 Å². The lowest BCUT2D eigenvalue weighted by Crippen LogP contribution is -2.63. The maximum Gasteiger partial charge on any atom is 0.409 e. The highest BCUT2D eigenvalue weighted by molar-refractivity contribution is 6.35. The van der Waals surface area contributed by atoms with Gasteiger partial charge >= 0.3 is 6.09 Å². The minimum absolute atomic E-state index is 0.0310. The Morgan fingerprint density at radius 1 is 1.26 bits per heavy atom. The molecule has 0 spiro atoms. The molecule has 39 heavy (non-hydrogen) atoms. The molecular formula is C28H37ClN2O8. The molecule has 3 N–H and O–H groups in total. The molecule has 0 aromatic heterocycles. The predicted molar refractivity (Wildman–Crippen MR) is 145 cm³/mol. The van der Waals surface area contributed by atoms with E-state index in [1.807, 2.05) is 32.1 Å². The van der Waals surface area contributed by atoms with Gasteiger partial charge in [-0.1, -0.05) is 42.3 Å². The molecule has 7 atom stereocenters. The van der Waals surface area contributed by atoms with Crippen molar-refractivity contribution < 1.29 is 38.7 Å². The Hall–Kier alpha value is -2.63. The van der Waals surface area contributed by atoms with Crippen molar-refractivity contribution in [2.75, 3.05) is 26.2 Å². The summed E-state index contributed by atoms with van der Waals surface area (Å²) in [5.74, 6) is -0.323. The molecule has 4 rings (SSSR count). The Kier molecular flexibility index (Phi) is 8.35. The zero-order valence-corrected chi connectivity index (χ0v) is 23.8. The summed E-state index contributed by atoms with van der Waals surface area (Å²) in [6, 6.07) is 3.63. The zero-order chi connectivity index (χ0) is 28.7. The average molecular weight is 565 g/mol. The fourth-order valence-electron chi connectivity index (χ4n) is 5.46. The Morgan fingerprint density at radius 2 is 1.97 bits per heavy atom. The van der Waals surface area contributed by atoms with Crippen LogP contribution in [-0.2, 0) is 25.4 Å². The van der Waals surface area contributed by atoms with Gasteiger partial charge in [-0.3, -0.25) is 10.1 Å². The number of anilines is 1. The third-order valence-electron chi connectivity index (χ3n) is 7.98. The summed E-state index contributed by atoms with van der Waals surface area (Å²) in [7, 11) is 4.56. The number of epoxide rings is 1. The van der Waals surface area contributed by atoms with E-state index < -0.39 is 47.8 Å². The fourth-order valence-corrected chi connectivity index (χ4v) is 5.78. The Labute approximate surface area is 233 Å². The van der Waals surface area contributed by atoms with Crippen molar-refractivity contribution >= 4 is 29.3 Å². The normalized spacial score (nSPS) is 37.6. The predicted octanol–water partition coefficient (Wildman–Crippen LogP) is 3.12. The van der Waals surface area contributed by atoms with Crippen molar-refractivity contribution in [2.24, 2.45) is 5.92 Å². The van der Waals surface area contributed by atoms with E-state index in [0.717, 1.165) is 11.1 Å². The molecule has 2 amide bonds. The maximum atomic E-state index is 13.3. The second-order valence-electron chi connectivity index (χ2n) is 10.8. The number of aliphatic hydroxyl groups is 2. The van der Waals surface area contributed by atoms with E-state index in [4.69, 9.17) is 30.5 Å². The van der Waals surface area contributed by atoms with Crippen LogP contribution in [0.3, 0.4) is 0 Å². The van der Waals surface area contributed by atoms with Gasteiger partial charge in [-0.2, -0.15) is 0 Å². The number of fused-ring (bicyclic) bond motifs is 5. The van der Waals surface area contributed by atoms with Gasteiger partial charge in [0.05, 0.1) is 31.4 Å². The first-order chi connectivity index (χ1) is 18.3. The van der Waals surface area contributed by atoms with Crippen LogP contribution < -0.4 is 15.0 Å². The number of allylic oxidation sites excluding steroid dienone is 3. The number of halogens is 1. The number of methoxy groups -OCH3 is 2. The Balaban J connectivity index is 1.74. The molecular weight excluding hydrogens is 528 g/mol. The van der Waals surface area contributed by atoms with Crippen LogP contribution >= 0.6 is 11.6 Å². The molecule has 0 saturated carbocycles. The van der Waals surface area contributed by atoms with Crippen molar-refractivity contribution in [1.29, 1.82) is 0 Å². The number of rotatable bonds is 2. The van der Waals surface area contributed by atoms with Crippen LogP contribution in [0.1, 0.15) is 39.2 Å². The molecule has 10 nitrogen and oxygen atoms in total. The number of carbonyl (C=O) groups is 2. The minimum Gasteiger partial charge on any atom is -0.495 e. The summed E-state index contributed by atoms with van der Waals surface area (Å²) in [6.07, 6.45) is 1.63. The molecule has 0 radical (unpaired) electrons. The number of ether oxygens (including phenoxy) is 4. The number of hydrogen-bond donors (Lipinski definition) is 3. The van der Waals surface area contributed by atoms with Crippen LogP contribution in [-0.4, -0.2) is 79.2 Å². The molecule has 1 aromatic carbocycles. The van der Waals surface area contributed by atoms with Gasteiger partial charge in [0.2, 0.25) is 5.91 Å². The molecule has 214 valence electrons. The van der Waals surface area contributed by atoms with Gasteiger partial charge in [0.25, 0.3) is 0 Å². The highest BCUT2D eigenvalue weighted by atomic mass is 35.5. The van der Waals surface area contributed by atoms with Gasteiger partial charge in [-0.25, -0.2) is 4.79 Å². The number of carbonyl (C=O) groups excluding carboxylic acids is 2. The molecule has 3 aliphatic heterocycles. The van der Waals surface area contributed by atoms with Gasteiger partial charge < -0.3 is 34.1 Å². The van der Waals surface area contributed by atoms with Crippen LogP contribution in [0.25, 0.3) is 0 Å². The lowest BCUT2D eigenvalue weighted by Gasteiger charge is -2.42. The third kappa shape index (κ3) is 5.81. The highest BCUT2D eigenvalue weighted by Crippen LogP contribution is 2.48. The van der Waals surface area contributed by atoms with Crippen molar-refractivity contribution in [3.63, 3.8) is 0 Å². The molecule has 3 aliphatic rings. The van der Waals surface area contributed by atoms with Crippen LogP contribution in [0, 0.1) is 5.92 Å². The number of hydrogen-bond acceptors (Lipinski definition) is 8. The third-order valence-corrected chi connectivity index (χ3v) is 8.36. The number of nitrogens with one attached hydrogen (secondary N) is 1. The number of aliphatic hydroxyl groups excluding tert-OH is 1. The van der Waals surface area contributed by atoms with E-state index >= 15 is 0 Å². The SMILES string of the molecule is COc1cc2cc(c1Cl)N(C)C(=O)CC(O)C1(C)OC1C(C)C1CC(O)(NC(=O)O1)C(OC)/C=C/C=C(\C)C2. The fraction of sp³-hybridized carbons (Fsp3) is 0.571. The van der Waals surface area contributed by atoms with Crippen molar-refractivity contribution in [3.05, 3.63) is 46.5 Å². The molecule has 2 saturated heterocycles. The maximum absolute atomic E-state index is 13.3. The molecule has 1 aromatic rings. The molecule has 3 heterocycles. The van der Waals surface area contributed by atoms with Gasteiger partial charge in [-0.05, 0) is 38.0 Å². The van der Waals surface area contributed by atoms with Crippen molar-refractivity contribution in [2.45, 2.75) is 75.8 Å². The van der Waals surface area contributed by atoms with Gasteiger partial charge in [0.15, 0.2) is 5.72 Å². The van der Waals surface area contributed by atoms with Gasteiger partial charge in [0.1, 0.15) is 28.6 Å². The summed E-state index contributed by atoms with van der Waals surface area (Å²) >= 11 is 6.58. The first-order valence-corrected chi connectivity index (χ1v) is 13.3. The van der Waals surface area contributed by atoms with E-state index in [0.29, 0.717) is 17.9 Å². The lowest BCUT2D eigenvalue weighted by atomic mass is 9.84. The van der Waals surface area contributed by atoms with E-state index in [9.17, 15) is 19.8 Å². The minimum atomic E-state index is -1.73. The van der Waals surface area contributed by atoms with Crippen molar-refractivity contribution in [1.82, 2.24) is 5.32 Å². The zero-order valence-electron chi connectivity index (χ0n) is 23.1. The summed E-state index contributed by atoms with van der Waals surface area (Å²) in [6.45, 7) is 5.48. The molecule has 0 aliphatic carbocycles. The number of alkyl carbamates (subject to hydrolysis) is 1. The molecule has 2 fully saturated rings. The standard InChI is InChI=1S/C28H37ClN2O8/c1-15-8-7-9-22(37-6)28(35)14-20(38-26(34)30-28)16(2)25-27(3,39-25)21(32)13-23(33)31(4)18-11-17(10-15)12-19(36-5)24(18)29/h7-9,11-12,16,20-22,25,32,35H,10,13-14H2,1-6H3,(H,30,34)/b9-7+,15-8+. The number of benzene rings is 1. The monoisotopic (exact) mass is 564 g/mol. The van der Waals surface area contributed by atoms with E-state index in [-0.39, 0.29) is 23.8 Å². The van der Waals surface area contributed by atoms with Gasteiger partial charge in [0, 0.05) is 26.5 Å². The first-order valence-electron chi connectivity index (χ1n) is 12.9. The second kappa shape index (κ2) is 11.1. The first kappa shape index (κ1) is 29.4. The molecule has 4 bridgehead atoms. The number of amides is 2. The number of nitrogens with zero attached hydrogens (tertiary/aromatic N) is 1. The largest absolute Gasteiger partial charge is 0.495 e. The van der Waals surface area contributed by atoms with E-state index in [1.54, 1.807) is 26.1 Å². The van der Waals surface area contributed by atoms with Crippen LogP contribution in [0.2, 0.25) is 5.02 Å². The highest BCUT2D eigenvalue weighted by Gasteiger charge is 2.62. The molecule has 11 heteroatoms. The Bertz CT molecular complexity index is 1190. The van der Waals surface area contributed by atoms with Gasteiger partial charge in [-0.15, -0.1) is 0 Å².